The van der Waals surface area contributed by atoms with Crippen molar-refractivity contribution in [2.45, 2.75) is 32.5 Å². The first kappa shape index (κ1) is 22.8. The van der Waals surface area contributed by atoms with Gasteiger partial charge < -0.3 is 9.84 Å². The molecule has 2 heterocycles. The topological polar surface area (TPSA) is 86.5 Å². The Balaban J connectivity index is 1.42. The van der Waals surface area contributed by atoms with Gasteiger partial charge in [0, 0.05) is 25.8 Å². The number of allylic oxidation sites excluding steroid dienone is 1. The van der Waals surface area contributed by atoms with Crippen molar-refractivity contribution in [3.05, 3.63) is 64.0 Å². The van der Waals surface area contributed by atoms with Gasteiger partial charge in [0.15, 0.2) is 0 Å². The van der Waals surface area contributed by atoms with Crippen LogP contribution >= 0.6 is 0 Å². The van der Waals surface area contributed by atoms with Gasteiger partial charge in [-0.25, -0.2) is 0 Å². The molecule has 172 valence electrons. The number of ether oxygens (including phenoxy) is 1. The molecule has 0 amide bonds. The van der Waals surface area contributed by atoms with Crippen LogP contribution < -0.4 is 4.74 Å². The van der Waals surface area contributed by atoms with E-state index in [1.54, 1.807) is 6.07 Å². The van der Waals surface area contributed by atoms with Crippen LogP contribution in [-0.4, -0.2) is 40.6 Å². The zero-order valence-corrected chi connectivity index (χ0v) is 17.9. The van der Waals surface area contributed by atoms with E-state index in [1.807, 2.05) is 18.2 Å². The molecule has 0 radical (unpaired) electrons. The molecule has 1 aromatic heterocycles. The van der Waals surface area contributed by atoms with Crippen LogP contribution in [0.5, 0.6) is 5.75 Å². The van der Waals surface area contributed by atoms with Gasteiger partial charge in [0.05, 0.1) is 28.8 Å². The molecule has 2 aromatic rings. The van der Waals surface area contributed by atoms with E-state index in [4.69, 9.17) is 15.1 Å². The maximum atomic E-state index is 12.9. The minimum Gasteiger partial charge on any atom is -0.487 e. The molecule has 0 unspecified atom stereocenters. The lowest BCUT2D eigenvalue weighted by Gasteiger charge is -2.38. The second kappa shape index (κ2) is 8.87. The van der Waals surface area contributed by atoms with E-state index in [0.717, 1.165) is 36.6 Å². The molecule has 1 saturated heterocycles. The van der Waals surface area contributed by atoms with E-state index < -0.39 is 23.3 Å². The van der Waals surface area contributed by atoms with E-state index in [2.05, 4.69) is 16.8 Å². The SMILES string of the molecule is CC1=C(CN2CC(C(=O)O)C2)CCc2cc(OCc3cc(C#N)c(C(F)(F)F)cn3)ccc21. The highest BCUT2D eigenvalue weighted by Crippen LogP contribution is 2.35. The van der Waals surface area contributed by atoms with E-state index >= 15 is 0 Å². The van der Waals surface area contributed by atoms with Gasteiger partial charge in [-0.1, -0.05) is 11.6 Å². The van der Waals surface area contributed by atoms with Crippen molar-refractivity contribution in [1.82, 2.24) is 9.88 Å². The number of nitriles is 1. The van der Waals surface area contributed by atoms with Gasteiger partial charge in [-0.3, -0.25) is 14.7 Å². The Morgan fingerprint density at radius 3 is 2.73 bits per heavy atom. The van der Waals surface area contributed by atoms with Crippen molar-refractivity contribution < 1.29 is 27.8 Å². The number of carbonyl (C=O) groups is 1. The number of aliphatic carboxylic acids is 1. The van der Waals surface area contributed by atoms with Crippen molar-refractivity contribution in [3.8, 4) is 11.8 Å². The summed E-state index contributed by atoms with van der Waals surface area (Å²) in [7, 11) is 0. The Labute approximate surface area is 188 Å². The molecule has 33 heavy (non-hydrogen) atoms. The number of carboxylic acids is 1. The molecule has 4 rings (SSSR count). The maximum absolute atomic E-state index is 12.9. The molecule has 1 N–H and O–H groups in total. The Bertz CT molecular complexity index is 1160. The minimum atomic E-state index is -4.63. The van der Waals surface area contributed by atoms with Crippen LogP contribution in [0.1, 0.15) is 41.3 Å². The third-order valence-electron chi connectivity index (χ3n) is 6.20. The van der Waals surface area contributed by atoms with Crippen LogP contribution in [0.2, 0.25) is 0 Å². The summed E-state index contributed by atoms with van der Waals surface area (Å²) in [6.45, 7) is 3.95. The van der Waals surface area contributed by atoms with Crippen molar-refractivity contribution in [3.63, 3.8) is 0 Å². The number of likely N-dealkylation sites (tertiary alicyclic amines) is 1. The summed E-state index contributed by atoms with van der Waals surface area (Å²) in [6, 6.07) is 8.37. The van der Waals surface area contributed by atoms with Gasteiger partial charge in [-0.15, -0.1) is 0 Å². The van der Waals surface area contributed by atoms with E-state index in [-0.39, 0.29) is 18.2 Å². The molecule has 1 aliphatic carbocycles. The second-order valence-corrected chi connectivity index (χ2v) is 8.40. The third kappa shape index (κ3) is 4.86. The van der Waals surface area contributed by atoms with Crippen molar-refractivity contribution in [2.75, 3.05) is 19.6 Å². The summed E-state index contributed by atoms with van der Waals surface area (Å²) in [5, 5.41) is 18.1. The Kier molecular flexibility index (Phi) is 6.13. The molecule has 0 bridgehead atoms. The quantitative estimate of drug-likeness (QED) is 0.697. The van der Waals surface area contributed by atoms with Gasteiger partial charge in [-0.2, -0.15) is 18.4 Å². The summed E-state index contributed by atoms with van der Waals surface area (Å²) in [5.74, 6) is -0.434. The fourth-order valence-corrected chi connectivity index (χ4v) is 4.27. The standard InChI is InChI=1S/C24H22F3N3O3/c1-14-16(10-30-11-18(12-30)23(31)32)3-2-15-7-20(4-5-21(14)15)33-13-19-6-17(8-28)22(9-29-19)24(25,26)27/h4-7,9,18H,2-3,10-13H2,1H3,(H,31,32). The predicted molar refractivity (Wildman–Crippen MR) is 113 cm³/mol. The number of pyridine rings is 1. The molecule has 1 fully saturated rings. The highest BCUT2D eigenvalue weighted by Gasteiger charge is 2.34. The van der Waals surface area contributed by atoms with Crippen LogP contribution in [0.25, 0.3) is 5.57 Å². The lowest BCUT2D eigenvalue weighted by Crippen LogP contribution is -2.50. The minimum absolute atomic E-state index is 0.0502. The van der Waals surface area contributed by atoms with Crippen LogP contribution in [0, 0.1) is 17.2 Å². The Hall–Kier alpha value is -3.38. The molecule has 2 aliphatic rings. The number of alkyl halides is 3. The Morgan fingerprint density at radius 1 is 1.30 bits per heavy atom. The summed E-state index contributed by atoms with van der Waals surface area (Å²) >= 11 is 0. The molecular weight excluding hydrogens is 435 g/mol. The van der Waals surface area contributed by atoms with Gasteiger partial charge in [0.25, 0.3) is 0 Å². The molecule has 0 atom stereocenters. The van der Waals surface area contributed by atoms with Gasteiger partial charge in [0.2, 0.25) is 0 Å². The van der Waals surface area contributed by atoms with Crippen molar-refractivity contribution >= 4 is 11.5 Å². The van der Waals surface area contributed by atoms with Crippen molar-refractivity contribution in [2.24, 2.45) is 5.92 Å². The number of hydrogen-bond donors (Lipinski definition) is 1. The van der Waals surface area contributed by atoms with Crippen molar-refractivity contribution in [1.29, 1.82) is 5.26 Å². The largest absolute Gasteiger partial charge is 0.487 e. The summed E-state index contributed by atoms with van der Waals surface area (Å²) in [4.78, 5) is 16.9. The number of aryl methyl sites for hydroxylation is 1. The number of aromatic nitrogens is 1. The molecule has 0 spiro atoms. The first-order valence-corrected chi connectivity index (χ1v) is 10.5. The normalized spacial score (nSPS) is 16.7. The zero-order chi connectivity index (χ0) is 23.8. The summed E-state index contributed by atoms with van der Waals surface area (Å²) in [6.07, 6.45) is -2.26. The van der Waals surface area contributed by atoms with Gasteiger partial charge in [0.1, 0.15) is 12.4 Å². The number of rotatable bonds is 6. The molecule has 1 aliphatic heterocycles. The lowest BCUT2D eigenvalue weighted by atomic mass is 9.85. The number of fused-ring (bicyclic) bond motifs is 1. The molecular formula is C24H22F3N3O3. The summed E-state index contributed by atoms with van der Waals surface area (Å²) < 4.78 is 44.5. The number of halogens is 3. The fraction of sp³-hybridized carbons (Fsp3) is 0.375. The van der Waals surface area contributed by atoms with Crippen LogP contribution in [-0.2, 0) is 24.0 Å². The smallest absolute Gasteiger partial charge is 0.419 e. The molecule has 9 heteroatoms. The average Bonchev–Trinajstić information content (AvgIpc) is 2.74. The first-order chi connectivity index (χ1) is 15.7. The average molecular weight is 457 g/mol. The molecule has 6 nitrogen and oxygen atoms in total. The van der Waals surface area contributed by atoms with Crippen LogP contribution in [0.4, 0.5) is 13.2 Å². The predicted octanol–water partition coefficient (Wildman–Crippen LogP) is 4.29. The van der Waals surface area contributed by atoms with Gasteiger partial charge in [-0.05, 0) is 54.7 Å². The first-order valence-electron chi connectivity index (χ1n) is 10.5. The van der Waals surface area contributed by atoms with Crippen LogP contribution in [0.3, 0.4) is 0 Å². The zero-order valence-electron chi connectivity index (χ0n) is 17.9. The third-order valence-corrected chi connectivity index (χ3v) is 6.20. The molecule has 1 aromatic carbocycles. The maximum Gasteiger partial charge on any atom is 0.419 e. The number of hydrogen-bond acceptors (Lipinski definition) is 5. The monoisotopic (exact) mass is 457 g/mol. The second-order valence-electron chi connectivity index (χ2n) is 8.40. The number of carboxylic acid groups (broad SMARTS) is 1. The van der Waals surface area contributed by atoms with E-state index in [9.17, 15) is 18.0 Å². The van der Waals surface area contributed by atoms with Gasteiger partial charge >= 0.3 is 12.1 Å². The summed E-state index contributed by atoms with van der Waals surface area (Å²) in [5.41, 5.74) is 3.44. The molecule has 0 saturated carbocycles. The van der Waals surface area contributed by atoms with E-state index in [1.165, 1.54) is 11.1 Å². The Morgan fingerprint density at radius 2 is 2.06 bits per heavy atom. The highest BCUT2D eigenvalue weighted by molar-refractivity contribution is 5.73. The van der Waals surface area contributed by atoms with E-state index in [0.29, 0.717) is 25.0 Å². The lowest BCUT2D eigenvalue weighted by molar-refractivity contribution is -0.147. The number of nitrogens with zero attached hydrogens (tertiary/aromatic N) is 3. The fourth-order valence-electron chi connectivity index (χ4n) is 4.27. The van der Waals surface area contributed by atoms with Crippen LogP contribution in [0.15, 0.2) is 36.0 Å². The number of benzene rings is 1. The highest BCUT2D eigenvalue weighted by atomic mass is 19.4.